The fraction of sp³-hybridized carbons (Fsp3) is 0.929. The van der Waals surface area contributed by atoms with Crippen molar-refractivity contribution in [3.05, 3.63) is 0 Å². The molecule has 0 radical (unpaired) electrons. The zero-order valence-corrected chi connectivity index (χ0v) is 12.1. The first-order chi connectivity index (χ1) is 8.68. The minimum atomic E-state index is -0.670. The van der Waals surface area contributed by atoms with Gasteiger partial charge in [-0.3, -0.25) is 4.79 Å². The third-order valence-electron chi connectivity index (χ3n) is 2.49. The van der Waals surface area contributed by atoms with Gasteiger partial charge in [0, 0.05) is 13.0 Å². The van der Waals surface area contributed by atoms with Crippen molar-refractivity contribution in [2.45, 2.75) is 65.2 Å². The van der Waals surface area contributed by atoms with Gasteiger partial charge in [-0.1, -0.05) is 46.0 Å². The van der Waals surface area contributed by atoms with Crippen molar-refractivity contribution in [1.29, 1.82) is 0 Å². The third kappa shape index (κ3) is 24.6. The molecule has 0 rings (SSSR count). The Morgan fingerprint density at radius 2 is 1.56 bits per heavy atom. The van der Waals surface area contributed by atoms with Crippen molar-refractivity contribution >= 4 is 5.97 Å². The largest absolute Gasteiger partial charge is 0.481 e. The standard InChI is InChI=1S/C8H16O2.C6H15NO/c1-2-3-4-5-6-7-8(9)10;1-2-3-4-7-5-6-8/h2-7H2,1H3,(H,9,10);7-8H,2-6H2,1H3. The number of rotatable bonds is 11. The molecule has 0 heterocycles. The van der Waals surface area contributed by atoms with Crippen LogP contribution in [0.1, 0.15) is 65.2 Å². The van der Waals surface area contributed by atoms with Crippen molar-refractivity contribution in [1.82, 2.24) is 5.32 Å². The summed E-state index contributed by atoms with van der Waals surface area (Å²) < 4.78 is 0. The molecule has 0 aromatic rings. The third-order valence-corrected chi connectivity index (χ3v) is 2.49. The number of aliphatic hydroxyl groups is 1. The van der Waals surface area contributed by atoms with E-state index in [4.69, 9.17) is 10.2 Å². The summed E-state index contributed by atoms with van der Waals surface area (Å²) in [6, 6.07) is 0. The van der Waals surface area contributed by atoms with Gasteiger partial charge in [-0.05, 0) is 19.4 Å². The molecular formula is C14H31NO3. The van der Waals surface area contributed by atoms with E-state index in [9.17, 15) is 4.79 Å². The lowest BCUT2D eigenvalue weighted by Crippen LogP contribution is -2.18. The first-order valence-corrected chi connectivity index (χ1v) is 7.22. The normalized spacial score (nSPS) is 9.72. The molecule has 0 bridgehead atoms. The molecule has 0 saturated carbocycles. The molecule has 0 saturated heterocycles. The van der Waals surface area contributed by atoms with Crippen LogP contribution in [-0.2, 0) is 4.79 Å². The van der Waals surface area contributed by atoms with Crippen molar-refractivity contribution in [3.63, 3.8) is 0 Å². The molecule has 110 valence electrons. The predicted molar refractivity (Wildman–Crippen MR) is 75.9 cm³/mol. The highest BCUT2D eigenvalue weighted by Crippen LogP contribution is 2.04. The molecule has 3 N–H and O–H groups in total. The minimum absolute atomic E-state index is 0.254. The molecular weight excluding hydrogens is 230 g/mol. The van der Waals surface area contributed by atoms with Crippen LogP contribution in [0.2, 0.25) is 0 Å². The zero-order chi connectivity index (χ0) is 14.1. The number of carbonyl (C=O) groups is 1. The highest BCUT2D eigenvalue weighted by molar-refractivity contribution is 5.66. The monoisotopic (exact) mass is 261 g/mol. The van der Waals surface area contributed by atoms with Crippen molar-refractivity contribution in [3.8, 4) is 0 Å². The van der Waals surface area contributed by atoms with Crippen molar-refractivity contribution < 1.29 is 15.0 Å². The Labute approximate surface area is 112 Å². The summed E-state index contributed by atoms with van der Waals surface area (Å²) in [6.07, 6.45) is 8.31. The average Bonchev–Trinajstić information content (AvgIpc) is 2.35. The molecule has 0 aliphatic rings. The van der Waals surface area contributed by atoms with Gasteiger partial charge in [0.15, 0.2) is 0 Å². The number of carboxylic acid groups (broad SMARTS) is 1. The van der Waals surface area contributed by atoms with Crippen LogP contribution in [0.3, 0.4) is 0 Å². The highest BCUT2D eigenvalue weighted by Gasteiger charge is 1.94. The van der Waals surface area contributed by atoms with E-state index in [2.05, 4.69) is 19.2 Å². The minimum Gasteiger partial charge on any atom is -0.481 e. The lowest BCUT2D eigenvalue weighted by molar-refractivity contribution is -0.137. The SMILES string of the molecule is CCCCCCCC(=O)O.CCCCNCCO. The van der Waals surface area contributed by atoms with Crippen molar-refractivity contribution in [2.24, 2.45) is 0 Å². The number of unbranched alkanes of at least 4 members (excludes halogenated alkanes) is 5. The van der Waals surface area contributed by atoms with Crippen LogP contribution >= 0.6 is 0 Å². The number of carboxylic acids is 1. The number of hydrogen-bond donors (Lipinski definition) is 3. The maximum atomic E-state index is 10.0. The van der Waals surface area contributed by atoms with E-state index >= 15 is 0 Å². The van der Waals surface area contributed by atoms with Crippen LogP contribution in [-0.4, -0.2) is 35.9 Å². The zero-order valence-electron chi connectivity index (χ0n) is 12.1. The first kappa shape index (κ1) is 19.7. The summed E-state index contributed by atoms with van der Waals surface area (Å²) in [6.45, 7) is 6.33. The summed E-state index contributed by atoms with van der Waals surface area (Å²) in [5.41, 5.74) is 0. The smallest absolute Gasteiger partial charge is 0.303 e. The Morgan fingerprint density at radius 3 is 2.06 bits per heavy atom. The number of aliphatic hydroxyl groups excluding tert-OH is 1. The Kier molecular flexibility index (Phi) is 20.5. The lowest BCUT2D eigenvalue weighted by atomic mass is 10.1. The second-order valence-electron chi connectivity index (χ2n) is 4.39. The summed E-state index contributed by atoms with van der Waals surface area (Å²) in [4.78, 5) is 10.0. The highest BCUT2D eigenvalue weighted by atomic mass is 16.4. The van der Waals surface area contributed by atoms with Gasteiger partial charge in [-0.15, -0.1) is 0 Å². The molecule has 0 atom stereocenters. The van der Waals surface area contributed by atoms with Crippen LogP contribution < -0.4 is 5.32 Å². The molecule has 0 aromatic carbocycles. The van der Waals surface area contributed by atoms with Gasteiger partial charge in [0.25, 0.3) is 0 Å². The van der Waals surface area contributed by atoms with Crippen LogP contribution in [0.15, 0.2) is 0 Å². The number of aliphatic carboxylic acids is 1. The van der Waals surface area contributed by atoms with Gasteiger partial charge in [0.05, 0.1) is 6.61 Å². The van der Waals surface area contributed by atoms with Crippen molar-refractivity contribution in [2.75, 3.05) is 19.7 Å². The van der Waals surface area contributed by atoms with Gasteiger partial charge in [0.1, 0.15) is 0 Å². The Morgan fingerprint density at radius 1 is 0.944 bits per heavy atom. The van der Waals surface area contributed by atoms with Crippen LogP contribution in [0.5, 0.6) is 0 Å². The van der Waals surface area contributed by atoms with Gasteiger partial charge >= 0.3 is 5.97 Å². The molecule has 4 nitrogen and oxygen atoms in total. The van der Waals surface area contributed by atoms with E-state index in [1.54, 1.807) is 0 Å². The van der Waals surface area contributed by atoms with Gasteiger partial charge in [-0.25, -0.2) is 0 Å². The molecule has 4 heteroatoms. The number of nitrogens with one attached hydrogen (secondary N) is 1. The van der Waals surface area contributed by atoms with E-state index in [0.717, 1.165) is 25.9 Å². The van der Waals surface area contributed by atoms with Gasteiger partial charge in [-0.2, -0.15) is 0 Å². The molecule has 0 spiro atoms. The summed E-state index contributed by atoms with van der Waals surface area (Å²) in [5, 5.41) is 19.7. The quantitative estimate of drug-likeness (QED) is 0.500. The first-order valence-electron chi connectivity index (χ1n) is 7.22. The Balaban J connectivity index is 0. The molecule has 0 aliphatic carbocycles. The molecule has 0 unspecified atom stereocenters. The van der Waals surface area contributed by atoms with E-state index < -0.39 is 5.97 Å². The van der Waals surface area contributed by atoms with E-state index in [1.807, 2.05) is 0 Å². The molecule has 18 heavy (non-hydrogen) atoms. The summed E-state index contributed by atoms with van der Waals surface area (Å²) in [5.74, 6) is -0.670. The van der Waals surface area contributed by atoms with Crippen LogP contribution in [0, 0.1) is 0 Å². The van der Waals surface area contributed by atoms with Crippen LogP contribution in [0.25, 0.3) is 0 Å². The Hall–Kier alpha value is -0.610. The topological polar surface area (TPSA) is 69.6 Å². The lowest BCUT2D eigenvalue weighted by Gasteiger charge is -1.97. The summed E-state index contributed by atoms with van der Waals surface area (Å²) >= 11 is 0. The summed E-state index contributed by atoms with van der Waals surface area (Å²) in [7, 11) is 0. The Bertz CT molecular complexity index is 157. The molecule has 0 amide bonds. The van der Waals surface area contributed by atoms with Gasteiger partial charge in [0.2, 0.25) is 0 Å². The second kappa shape index (κ2) is 18.7. The molecule has 0 fully saturated rings. The van der Waals surface area contributed by atoms with E-state index in [1.165, 1.54) is 32.1 Å². The molecule has 0 aliphatic heterocycles. The maximum Gasteiger partial charge on any atom is 0.303 e. The second-order valence-corrected chi connectivity index (χ2v) is 4.39. The average molecular weight is 261 g/mol. The fourth-order valence-corrected chi connectivity index (χ4v) is 1.39. The predicted octanol–water partition coefficient (Wildman–Crippen LogP) is 2.80. The number of hydrogen-bond acceptors (Lipinski definition) is 3. The van der Waals surface area contributed by atoms with Crippen LogP contribution in [0.4, 0.5) is 0 Å². The van der Waals surface area contributed by atoms with E-state index in [-0.39, 0.29) is 6.61 Å². The molecule has 0 aromatic heterocycles. The maximum absolute atomic E-state index is 10.0. The fourth-order valence-electron chi connectivity index (χ4n) is 1.39. The van der Waals surface area contributed by atoms with E-state index in [0.29, 0.717) is 6.42 Å². The van der Waals surface area contributed by atoms with Gasteiger partial charge < -0.3 is 15.5 Å².